The van der Waals surface area contributed by atoms with E-state index in [4.69, 9.17) is 10.5 Å². The van der Waals surface area contributed by atoms with Crippen LogP contribution >= 0.6 is 0 Å². The zero-order valence-electron chi connectivity index (χ0n) is 12.4. The van der Waals surface area contributed by atoms with Crippen LogP contribution in [-0.2, 0) is 14.3 Å². The molecule has 2 rings (SSSR count). The van der Waals surface area contributed by atoms with Crippen LogP contribution in [0.4, 0.5) is 0 Å². The van der Waals surface area contributed by atoms with E-state index in [2.05, 4.69) is 4.90 Å². The van der Waals surface area contributed by atoms with Crippen LogP contribution in [0, 0.1) is 5.92 Å². The maximum absolute atomic E-state index is 12.1. The molecule has 6 heteroatoms. The summed E-state index contributed by atoms with van der Waals surface area (Å²) in [6.07, 6.45) is 2.34. The number of nitrogens with two attached hydrogens (primary N) is 1. The SMILES string of the molecule is CC(CN1CC[C@H](N)C1=O)OC(=O)C1CCCN(C)C1. The van der Waals surface area contributed by atoms with Gasteiger partial charge >= 0.3 is 5.97 Å². The number of nitrogens with zero attached hydrogens (tertiary/aromatic N) is 2. The largest absolute Gasteiger partial charge is 0.461 e. The predicted octanol–water partition coefficient (Wildman–Crippen LogP) is -0.180. The Labute approximate surface area is 120 Å². The van der Waals surface area contributed by atoms with Crippen molar-refractivity contribution in [3.05, 3.63) is 0 Å². The number of esters is 1. The molecule has 2 fully saturated rings. The van der Waals surface area contributed by atoms with E-state index in [1.165, 1.54) is 0 Å². The zero-order valence-corrected chi connectivity index (χ0v) is 12.4. The van der Waals surface area contributed by atoms with Gasteiger partial charge in [0.05, 0.1) is 18.5 Å². The van der Waals surface area contributed by atoms with E-state index in [1.54, 1.807) is 4.90 Å². The standard InChI is InChI=1S/C14H25N3O3/c1-10(8-17-7-5-12(15)13(17)18)20-14(19)11-4-3-6-16(2)9-11/h10-12H,3-9,15H2,1-2H3/t10?,11?,12-/m0/s1. The van der Waals surface area contributed by atoms with Crippen LogP contribution < -0.4 is 5.73 Å². The second kappa shape index (κ2) is 6.54. The number of amides is 1. The highest BCUT2D eigenvalue weighted by Gasteiger charge is 2.31. The van der Waals surface area contributed by atoms with Crippen LogP contribution in [-0.4, -0.2) is 67.0 Å². The Hall–Kier alpha value is -1.14. The third-order valence-electron chi connectivity index (χ3n) is 4.09. The van der Waals surface area contributed by atoms with Crippen LogP contribution in [0.5, 0.6) is 0 Å². The highest BCUT2D eigenvalue weighted by molar-refractivity contribution is 5.83. The first kappa shape index (κ1) is 15.3. The summed E-state index contributed by atoms with van der Waals surface area (Å²) in [5.74, 6) is -0.210. The summed E-state index contributed by atoms with van der Waals surface area (Å²) in [7, 11) is 2.02. The quantitative estimate of drug-likeness (QED) is 0.724. The molecule has 2 heterocycles. The van der Waals surface area contributed by atoms with Gasteiger partial charge in [-0.3, -0.25) is 9.59 Å². The summed E-state index contributed by atoms with van der Waals surface area (Å²) in [6.45, 7) is 4.75. The van der Waals surface area contributed by atoms with Gasteiger partial charge in [-0.2, -0.15) is 0 Å². The second-order valence-corrected chi connectivity index (χ2v) is 6.03. The van der Waals surface area contributed by atoms with Crippen LogP contribution in [0.2, 0.25) is 0 Å². The lowest BCUT2D eigenvalue weighted by molar-refractivity contribution is -0.156. The molecule has 3 atom stereocenters. The minimum atomic E-state index is -0.384. The van der Waals surface area contributed by atoms with Crippen molar-refractivity contribution in [3.8, 4) is 0 Å². The van der Waals surface area contributed by atoms with Crippen molar-refractivity contribution >= 4 is 11.9 Å². The Morgan fingerprint density at radius 1 is 1.45 bits per heavy atom. The van der Waals surface area contributed by atoms with Gasteiger partial charge in [-0.05, 0) is 39.8 Å². The molecule has 0 spiro atoms. The van der Waals surface area contributed by atoms with Crippen molar-refractivity contribution in [1.29, 1.82) is 0 Å². The molecule has 0 radical (unpaired) electrons. The Morgan fingerprint density at radius 2 is 2.20 bits per heavy atom. The highest BCUT2D eigenvalue weighted by Crippen LogP contribution is 2.18. The van der Waals surface area contributed by atoms with Crippen LogP contribution in [0.3, 0.4) is 0 Å². The Bertz CT molecular complexity index is 375. The molecule has 6 nitrogen and oxygen atoms in total. The summed E-state index contributed by atoms with van der Waals surface area (Å²) >= 11 is 0. The first-order valence-corrected chi connectivity index (χ1v) is 7.40. The van der Waals surface area contributed by atoms with Crippen LogP contribution in [0.15, 0.2) is 0 Å². The topological polar surface area (TPSA) is 75.9 Å². The van der Waals surface area contributed by atoms with Crippen LogP contribution in [0.25, 0.3) is 0 Å². The second-order valence-electron chi connectivity index (χ2n) is 6.03. The normalized spacial score (nSPS) is 29.6. The summed E-state index contributed by atoms with van der Waals surface area (Å²) in [6, 6.07) is -0.384. The average Bonchev–Trinajstić information content (AvgIpc) is 2.70. The molecule has 20 heavy (non-hydrogen) atoms. The molecule has 1 amide bonds. The summed E-state index contributed by atoms with van der Waals surface area (Å²) < 4.78 is 5.48. The molecular formula is C14H25N3O3. The fraction of sp³-hybridized carbons (Fsp3) is 0.857. The molecule has 2 N–H and O–H groups in total. The Morgan fingerprint density at radius 3 is 2.80 bits per heavy atom. The van der Waals surface area contributed by atoms with E-state index in [0.29, 0.717) is 19.5 Å². The highest BCUT2D eigenvalue weighted by atomic mass is 16.5. The van der Waals surface area contributed by atoms with Crippen LogP contribution in [0.1, 0.15) is 26.2 Å². The van der Waals surface area contributed by atoms with E-state index < -0.39 is 0 Å². The number of likely N-dealkylation sites (tertiary alicyclic amines) is 2. The van der Waals surface area contributed by atoms with E-state index >= 15 is 0 Å². The predicted molar refractivity (Wildman–Crippen MR) is 74.9 cm³/mol. The monoisotopic (exact) mass is 283 g/mol. The van der Waals surface area contributed by atoms with Gasteiger partial charge in [0.15, 0.2) is 0 Å². The van der Waals surface area contributed by atoms with Gasteiger partial charge in [-0.15, -0.1) is 0 Å². The smallest absolute Gasteiger partial charge is 0.310 e. The van der Waals surface area contributed by atoms with Gasteiger partial charge in [0, 0.05) is 13.1 Å². The minimum absolute atomic E-state index is 0.0345. The van der Waals surface area contributed by atoms with Crippen molar-refractivity contribution in [3.63, 3.8) is 0 Å². The molecule has 114 valence electrons. The molecule has 0 aromatic rings. The van der Waals surface area contributed by atoms with Gasteiger partial charge in [-0.25, -0.2) is 0 Å². The number of carbonyl (C=O) groups is 2. The molecule has 0 bridgehead atoms. The number of hydrogen-bond donors (Lipinski definition) is 1. The van der Waals surface area contributed by atoms with Gasteiger partial charge in [-0.1, -0.05) is 0 Å². The van der Waals surface area contributed by atoms with Crippen molar-refractivity contribution in [2.75, 3.05) is 33.2 Å². The van der Waals surface area contributed by atoms with E-state index in [-0.39, 0.29) is 29.9 Å². The summed E-state index contributed by atoms with van der Waals surface area (Å²) in [4.78, 5) is 27.7. The van der Waals surface area contributed by atoms with Crippen molar-refractivity contribution in [1.82, 2.24) is 9.80 Å². The van der Waals surface area contributed by atoms with Gasteiger partial charge in [0.25, 0.3) is 0 Å². The Balaban J connectivity index is 1.77. The molecule has 0 saturated carbocycles. The number of hydrogen-bond acceptors (Lipinski definition) is 5. The lowest BCUT2D eigenvalue weighted by Crippen LogP contribution is -2.41. The first-order valence-electron chi connectivity index (χ1n) is 7.40. The summed E-state index contributed by atoms with van der Waals surface area (Å²) in [5, 5.41) is 0. The molecule has 2 aliphatic rings. The molecule has 0 aliphatic carbocycles. The zero-order chi connectivity index (χ0) is 14.7. The molecule has 2 saturated heterocycles. The maximum Gasteiger partial charge on any atom is 0.310 e. The number of carbonyl (C=O) groups excluding carboxylic acids is 2. The molecule has 0 aromatic carbocycles. The third kappa shape index (κ3) is 3.70. The number of piperidine rings is 1. The van der Waals surface area contributed by atoms with Gasteiger partial charge in [0.2, 0.25) is 5.91 Å². The average molecular weight is 283 g/mol. The Kier molecular flexibility index (Phi) is 4.99. The lowest BCUT2D eigenvalue weighted by atomic mass is 9.99. The first-order chi connectivity index (χ1) is 9.47. The van der Waals surface area contributed by atoms with E-state index in [0.717, 1.165) is 25.9 Å². The fourth-order valence-corrected chi connectivity index (χ4v) is 2.95. The number of rotatable bonds is 4. The molecule has 2 unspecified atom stereocenters. The third-order valence-corrected chi connectivity index (χ3v) is 4.09. The van der Waals surface area contributed by atoms with Gasteiger partial charge < -0.3 is 20.3 Å². The molecule has 0 aromatic heterocycles. The molecular weight excluding hydrogens is 258 g/mol. The number of ether oxygens (including phenoxy) is 1. The van der Waals surface area contributed by atoms with E-state index in [1.807, 2.05) is 14.0 Å². The minimum Gasteiger partial charge on any atom is -0.461 e. The lowest BCUT2D eigenvalue weighted by Gasteiger charge is -2.29. The molecule has 2 aliphatic heterocycles. The maximum atomic E-state index is 12.1. The van der Waals surface area contributed by atoms with Crippen molar-refractivity contribution in [2.24, 2.45) is 11.7 Å². The fourth-order valence-electron chi connectivity index (χ4n) is 2.95. The van der Waals surface area contributed by atoms with E-state index in [9.17, 15) is 9.59 Å². The van der Waals surface area contributed by atoms with Crippen molar-refractivity contribution < 1.29 is 14.3 Å². The van der Waals surface area contributed by atoms with Crippen molar-refractivity contribution in [2.45, 2.75) is 38.3 Å². The van der Waals surface area contributed by atoms with Gasteiger partial charge in [0.1, 0.15) is 6.10 Å². The summed E-state index contributed by atoms with van der Waals surface area (Å²) in [5.41, 5.74) is 5.67.